The highest BCUT2D eigenvalue weighted by atomic mass is 16.1. The van der Waals surface area contributed by atoms with E-state index in [0.29, 0.717) is 6.42 Å². The molecule has 2 aromatic rings. The van der Waals surface area contributed by atoms with Crippen LogP contribution < -0.4 is 0 Å². The summed E-state index contributed by atoms with van der Waals surface area (Å²) in [7, 11) is 0. The van der Waals surface area contributed by atoms with E-state index in [-0.39, 0.29) is 11.8 Å². The van der Waals surface area contributed by atoms with Crippen LogP contribution in [-0.2, 0) is 4.79 Å². The number of piperidine rings is 1. The van der Waals surface area contributed by atoms with Gasteiger partial charge in [-0.1, -0.05) is 73.2 Å². The van der Waals surface area contributed by atoms with Gasteiger partial charge < -0.3 is 0 Å². The summed E-state index contributed by atoms with van der Waals surface area (Å²) in [6.45, 7) is 2.19. The third-order valence-electron chi connectivity index (χ3n) is 4.67. The molecule has 0 amide bonds. The summed E-state index contributed by atoms with van der Waals surface area (Å²) in [6, 6.07) is 20.7. The number of hydrogen-bond acceptors (Lipinski definition) is 2. The maximum Gasteiger partial charge on any atom is 0.157 e. The maximum atomic E-state index is 12.5. The fourth-order valence-electron chi connectivity index (χ4n) is 3.37. The van der Waals surface area contributed by atoms with E-state index in [1.807, 2.05) is 42.5 Å². The predicted octanol–water partition coefficient (Wildman–Crippen LogP) is 4.89. The Kier molecular flexibility index (Phi) is 5.97. The smallest absolute Gasteiger partial charge is 0.157 e. The number of carbonyl (C=O) groups excluding carboxylic acids is 1. The summed E-state index contributed by atoms with van der Waals surface area (Å²) >= 11 is 0. The zero-order valence-electron chi connectivity index (χ0n) is 14.1. The summed E-state index contributed by atoms with van der Waals surface area (Å²) in [5.41, 5.74) is 2.32. The number of nitrogens with zero attached hydrogens (tertiary/aromatic N) is 1. The summed E-state index contributed by atoms with van der Waals surface area (Å²) in [4.78, 5) is 15.0. The third-order valence-corrected chi connectivity index (χ3v) is 4.67. The first kappa shape index (κ1) is 16.7. The van der Waals surface area contributed by atoms with Gasteiger partial charge in [0.2, 0.25) is 0 Å². The molecule has 2 nitrogen and oxygen atoms in total. The highest BCUT2D eigenvalue weighted by Gasteiger charge is 2.23. The summed E-state index contributed by atoms with van der Waals surface area (Å²) in [5.74, 6) is 0.193. The Morgan fingerprint density at radius 2 is 1.54 bits per heavy atom. The first-order chi connectivity index (χ1) is 11.8. The third kappa shape index (κ3) is 4.65. The van der Waals surface area contributed by atoms with Crippen LogP contribution in [0.2, 0.25) is 0 Å². The molecule has 0 spiro atoms. The van der Waals surface area contributed by atoms with E-state index in [4.69, 9.17) is 0 Å². The van der Waals surface area contributed by atoms with E-state index >= 15 is 0 Å². The lowest BCUT2D eigenvalue weighted by atomic mass is 9.97. The zero-order chi connectivity index (χ0) is 16.6. The lowest BCUT2D eigenvalue weighted by molar-refractivity contribution is -0.115. The molecule has 0 radical (unpaired) electrons. The normalized spacial score (nSPS) is 17.0. The van der Waals surface area contributed by atoms with Crippen LogP contribution in [-0.4, -0.2) is 23.8 Å². The van der Waals surface area contributed by atoms with Gasteiger partial charge in [-0.15, -0.1) is 0 Å². The van der Waals surface area contributed by atoms with Crippen LogP contribution in [0.5, 0.6) is 0 Å². The minimum atomic E-state index is 0.193. The molecule has 0 N–H and O–H groups in total. The Hall–Kier alpha value is -2.19. The monoisotopic (exact) mass is 319 g/mol. The second-order valence-corrected chi connectivity index (χ2v) is 6.44. The Morgan fingerprint density at radius 1 is 0.917 bits per heavy atom. The molecule has 1 atom stereocenters. The molecule has 1 heterocycles. The molecule has 0 unspecified atom stereocenters. The number of carbonyl (C=O) groups is 1. The predicted molar refractivity (Wildman–Crippen MR) is 99.7 cm³/mol. The second-order valence-electron chi connectivity index (χ2n) is 6.44. The van der Waals surface area contributed by atoms with E-state index in [1.54, 1.807) is 6.08 Å². The topological polar surface area (TPSA) is 20.3 Å². The zero-order valence-corrected chi connectivity index (χ0v) is 14.1. The van der Waals surface area contributed by atoms with Crippen molar-refractivity contribution in [2.45, 2.75) is 31.7 Å². The maximum absolute atomic E-state index is 12.5. The fraction of sp³-hybridized carbons (Fsp3) is 0.318. The van der Waals surface area contributed by atoms with Gasteiger partial charge in [-0.2, -0.15) is 0 Å². The molecule has 124 valence electrons. The number of benzene rings is 2. The minimum Gasteiger partial charge on any atom is -0.296 e. The van der Waals surface area contributed by atoms with Gasteiger partial charge >= 0.3 is 0 Å². The molecule has 2 heteroatoms. The Labute approximate surface area is 144 Å². The lowest BCUT2D eigenvalue weighted by Crippen LogP contribution is -2.34. The van der Waals surface area contributed by atoms with Crippen LogP contribution in [0.1, 0.15) is 42.9 Å². The molecule has 1 saturated heterocycles. The van der Waals surface area contributed by atoms with Gasteiger partial charge in [0.1, 0.15) is 0 Å². The fourth-order valence-corrected chi connectivity index (χ4v) is 3.37. The van der Waals surface area contributed by atoms with Crippen LogP contribution in [0, 0.1) is 0 Å². The van der Waals surface area contributed by atoms with Gasteiger partial charge in [0, 0.05) is 12.5 Å². The van der Waals surface area contributed by atoms with Crippen molar-refractivity contribution in [3.63, 3.8) is 0 Å². The van der Waals surface area contributed by atoms with Crippen molar-refractivity contribution in [1.82, 2.24) is 4.90 Å². The molecule has 1 fully saturated rings. The van der Waals surface area contributed by atoms with Gasteiger partial charge in [0.25, 0.3) is 0 Å². The van der Waals surface area contributed by atoms with Gasteiger partial charge in [-0.05, 0) is 43.1 Å². The standard InChI is InChI=1S/C22H25NO/c24-21(15-14-19-10-4-1-5-11-19)18-22(20-12-6-2-7-13-20)23-16-8-3-9-17-23/h1-2,4-7,10-15,22H,3,8-9,16-18H2/b15-14+/t22-/m0/s1. The van der Waals surface area contributed by atoms with Gasteiger partial charge in [0.05, 0.1) is 0 Å². The Bertz CT molecular complexity index is 657. The first-order valence-electron chi connectivity index (χ1n) is 8.88. The van der Waals surface area contributed by atoms with Crippen molar-refractivity contribution in [2.75, 3.05) is 13.1 Å². The van der Waals surface area contributed by atoms with Gasteiger partial charge in [-0.3, -0.25) is 9.69 Å². The van der Waals surface area contributed by atoms with Crippen LogP contribution in [0.25, 0.3) is 6.08 Å². The quantitative estimate of drug-likeness (QED) is 0.707. The van der Waals surface area contributed by atoms with E-state index in [1.165, 1.54) is 24.8 Å². The highest BCUT2D eigenvalue weighted by Crippen LogP contribution is 2.28. The first-order valence-corrected chi connectivity index (χ1v) is 8.88. The molecule has 0 bridgehead atoms. The van der Waals surface area contributed by atoms with Crippen LogP contribution in [0.4, 0.5) is 0 Å². The Balaban J connectivity index is 1.71. The molecule has 24 heavy (non-hydrogen) atoms. The molecule has 3 rings (SSSR count). The summed E-state index contributed by atoms with van der Waals surface area (Å²) < 4.78 is 0. The minimum absolute atomic E-state index is 0.193. The number of ketones is 1. The molecular formula is C22H25NO. The van der Waals surface area contributed by atoms with Gasteiger partial charge in [0.15, 0.2) is 5.78 Å². The van der Waals surface area contributed by atoms with Crippen molar-refractivity contribution in [2.24, 2.45) is 0 Å². The van der Waals surface area contributed by atoms with E-state index < -0.39 is 0 Å². The largest absolute Gasteiger partial charge is 0.296 e. The lowest BCUT2D eigenvalue weighted by Gasteiger charge is -2.34. The molecule has 2 aromatic carbocycles. The van der Waals surface area contributed by atoms with Gasteiger partial charge in [-0.25, -0.2) is 0 Å². The summed E-state index contributed by atoms with van der Waals surface area (Å²) in [5, 5.41) is 0. The molecule has 0 aliphatic carbocycles. The highest BCUT2D eigenvalue weighted by molar-refractivity contribution is 5.94. The van der Waals surface area contributed by atoms with Crippen molar-refractivity contribution < 1.29 is 4.79 Å². The summed E-state index contributed by atoms with van der Waals surface area (Å²) in [6.07, 6.45) is 7.97. The number of likely N-dealkylation sites (tertiary alicyclic amines) is 1. The molecule has 1 aliphatic rings. The molecule has 0 saturated carbocycles. The van der Waals surface area contributed by atoms with Crippen molar-refractivity contribution in [3.8, 4) is 0 Å². The van der Waals surface area contributed by atoms with E-state index in [9.17, 15) is 4.79 Å². The molecule has 0 aromatic heterocycles. The van der Waals surface area contributed by atoms with Crippen LogP contribution in [0.3, 0.4) is 0 Å². The average molecular weight is 319 g/mol. The average Bonchev–Trinajstić information content (AvgIpc) is 2.67. The van der Waals surface area contributed by atoms with Crippen molar-refractivity contribution in [3.05, 3.63) is 77.9 Å². The van der Waals surface area contributed by atoms with Crippen LogP contribution >= 0.6 is 0 Å². The van der Waals surface area contributed by atoms with E-state index in [0.717, 1.165) is 18.7 Å². The number of rotatable bonds is 6. The Morgan fingerprint density at radius 3 is 2.21 bits per heavy atom. The SMILES string of the molecule is O=C(/C=C/c1ccccc1)C[C@@H](c1ccccc1)N1CCCCC1. The molecule has 1 aliphatic heterocycles. The number of allylic oxidation sites excluding steroid dienone is 1. The van der Waals surface area contributed by atoms with Crippen LogP contribution in [0.15, 0.2) is 66.7 Å². The van der Waals surface area contributed by atoms with E-state index in [2.05, 4.69) is 29.2 Å². The second kappa shape index (κ2) is 8.60. The number of hydrogen-bond donors (Lipinski definition) is 0. The molecular weight excluding hydrogens is 294 g/mol. The van der Waals surface area contributed by atoms with Crippen molar-refractivity contribution >= 4 is 11.9 Å². The van der Waals surface area contributed by atoms with Crippen molar-refractivity contribution in [1.29, 1.82) is 0 Å².